The zero-order valence-corrected chi connectivity index (χ0v) is 12.2. The molecular formula is C15H20N2O3. The van der Waals surface area contributed by atoms with Gasteiger partial charge >= 0.3 is 5.97 Å². The van der Waals surface area contributed by atoms with Crippen LogP contribution in [0.25, 0.3) is 5.57 Å². The fourth-order valence-corrected chi connectivity index (χ4v) is 2.10. The Balaban J connectivity index is 2.26. The molecule has 0 amide bonds. The van der Waals surface area contributed by atoms with E-state index in [2.05, 4.69) is 21.3 Å². The number of hydrogen-bond acceptors (Lipinski definition) is 4. The largest absolute Gasteiger partial charge is 0.466 e. The number of rotatable bonds is 6. The van der Waals surface area contributed by atoms with Gasteiger partial charge in [-0.1, -0.05) is 6.58 Å². The molecule has 1 heterocycles. The Morgan fingerprint density at radius 3 is 2.75 bits per heavy atom. The number of carbonyl (C=O) groups is 1. The lowest BCUT2D eigenvalue weighted by molar-refractivity contribution is -0.136. The van der Waals surface area contributed by atoms with E-state index in [0.29, 0.717) is 23.7 Å². The van der Waals surface area contributed by atoms with Crippen LogP contribution in [-0.4, -0.2) is 30.2 Å². The first-order valence-electron chi connectivity index (χ1n) is 6.60. The molecule has 1 aliphatic carbocycles. The number of nitrogens with zero attached hydrogens (tertiary/aromatic N) is 1. The first-order chi connectivity index (χ1) is 9.56. The van der Waals surface area contributed by atoms with Gasteiger partial charge in [-0.2, -0.15) is 0 Å². The Bertz CT molecular complexity index is 553. The molecule has 5 heteroatoms. The highest BCUT2D eigenvalue weighted by Gasteiger charge is 2.29. The summed E-state index contributed by atoms with van der Waals surface area (Å²) in [4.78, 5) is 19.3. The van der Waals surface area contributed by atoms with Crippen LogP contribution < -0.4 is 0 Å². The van der Waals surface area contributed by atoms with Crippen molar-refractivity contribution >= 4 is 11.5 Å². The molecule has 0 spiro atoms. The van der Waals surface area contributed by atoms with Crippen molar-refractivity contribution in [2.45, 2.75) is 32.3 Å². The summed E-state index contributed by atoms with van der Waals surface area (Å²) in [6, 6.07) is 0. The molecule has 2 rings (SSSR count). The van der Waals surface area contributed by atoms with E-state index in [9.17, 15) is 4.79 Å². The SMILES string of the molecule is C=C(/C=C(\C)C(=O)OC)c1nc(COC)[nH]c1C1CC1. The molecule has 108 valence electrons. The molecule has 0 aromatic carbocycles. The number of allylic oxidation sites excluding steroid dienone is 2. The number of hydrogen-bond donors (Lipinski definition) is 1. The fraction of sp³-hybridized carbons (Fsp3) is 0.467. The molecule has 1 aromatic heterocycles. The molecule has 0 atom stereocenters. The molecule has 1 aromatic rings. The van der Waals surface area contributed by atoms with Gasteiger partial charge in [-0.3, -0.25) is 0 Å². The van der Waals surface area contributed by atoms with Gasteiger partial charge in [-0.25, -0.2) is 9.78 Å². The average molecular weight is 276 g/mol. The van der Waals surface area contributed by atoms with Crippen molar-refractivity contribution < 1.29 is 14.3 Å². The number of imidazole rings is 1. The smallest absolute Gasteiger partial charge is 0.333 e. The van der Waals surface area contributed by atoms with E-state index in [4.69, 9.17) is 4.74 Å². The Kier molecular flexibility index (Phi) is 4.39. The van der Waals surface area contributed by atoms with Crippen LogP contribution in [0.3, 0.4) is 0 Å². The highest BCUT2D eigenvalue weighted by atomic mass is 16.5. The molecule has 1 fully saturated rings. The zero-order chi connectivity index (χ0) is 14.7. The maximum Gasteiger partial charge on any atom is 0.333 e. The monoisotopic (exact) mass is 276 g/mol. The topological polar surface area (TPSA) is 64.2 Å². The van der Waals surface area contributed by atoms with Crippen molar-refractivity contribution in [1.29, 1.82) is 0 Å². The van der Waals surface area contributed by atoms with Crippen molar-refractivity contribution in [3.05, 3.63) is 35.4 Å². The predicted molar refractivity (Wildman–Crippen MR) is 76.1 cm³/mol. The van der Waals surface area contributed by atoms with Gasteiger partial charge in [0.15, 0.2) is 0 Å². The minimum absolute atomic E-state index is 0.355. The Hall–Kier alpha value is -1.88. The first-order valence-corrected chi connectivity index (χ1v) is 6.60. The summed E-state index contributed by atoms with van der Waals surface area (Å²) in [5.74, 6) is 0.952. The third-order valence-corrected chi connectivity index (χ3v) is 3.25. The van der Waals surface area contributed by atoms with E-state index >= 15 is 0 Å². The molecule has 0 unspecified atom stereocenters. The summed E-state index contributed by atoms with van der Waals surface area (Å²) in [6.45, 7) is 6.16. The lowest BCUT2D eigenvalue weighted by Crippen LogP contribution is -2.02. The predicted octanol–water partition coefficient (Wildman–Crippen LogP) is 2.57. The maximum absolute atomic E-state index is 11.4. The molecule has 1 aliphatic rings. The molecule has 5 nitrogen and oxygen atoms in total. The lowest BCUT2D eigenvalue weighted by Gasteiger charge is -2.02. The maximum atomic E-state index is 11.4. The van der Waals surface area contributed by atoms with Crippen LogP contribution in [0.2, 0.25) is 0 Å². The van der Waals surface area contributed by atoms with E-state index in [1.54, 1.807) is 20.1 Å². The van der Waals surface area contributed by atoms with Gasteiger partial charge in [0.25, 0.3) is 0 Å². The number of esters is 1. The number of nitrogens with one attached hydrogen (secondary N) is 1. The van der Waals surface area contributed by atoms with Crippen LogP contribution in [-0.2, 0) is 20.9 Å². The van der Waals surface area contributed by atoms with Gasteiger partial charge in [-0.05, 0) is 31.4 Å². The lowest BCUT2D eigenvalue weighted by atomic mass is 10.1. The van der Waals surface area contributed by atoms with Gasteiger partial charge in [0.1, 0.15) is 12.4 Å². The van der Waals surface area contributed by atoms with Gasteiger partial charge in [0, 0.05) is 24.3 Å². The van der Waals surface area contributed by atoms with Gasteiger partial charge < -0.3 is 14.5 Å². The number of aromatic nitrogens is 2. The molecule has 0 bridgehead atoms. The molecule has 1 saturated carbocycles. The normalized spacial score (nSPS) is 15.2. The number of carbonyl (C=O) groups excluding carboxylic acids is 1. The summed E-state index contributed by atoms with van der Waals surface area (Å²) in [7, 11) is 3.00. The van der Waals surface area contributed by atoms with Crippen molar-refractivity contribution in [1.82, 2.24) is 9.97 Å². The summed E-state index contributed by atoms with van der Waals surface area (Å²) < 4.78 is 9.79. The fourth-order valence-electron chi connectivity index (χ4n) is 2.10. The van der Waals surface area contributed by atoms with Crippen LogP contribution in [0.5, 0.6) is 0 Å². The summed E-state index contributed by atoms with van der Waals surface area (Å²) in [6.07, 6.45) is 4.04. The molecule has 0 aliphatic heterocycles. The molecule has 0 radical (unpaired) electrons. The quantitative estimate of drug-likeness (QED) is 0.493. The van der Waals surface area contributed by atoms with Crippen molar-refractivity contribution in [3.63, 3.8) is 0 Å². The second-order valence-corrected chi connectivity index (χ2v) is 5.00. The van der Waals surface area contributed by atoms with Crippen molar-refractivity contribution in [2.75, 3.05) is 14.2 Å². The highest BCUT2D eigenvalue weighted by molar-refractivity contribution is 5.91. The van der Waals surface area contributed by atoms with Crippen LogP contribution in [0, 0.1) is 0 Å². The van der Waals surface area contributed by atoms with Crippen LogP contribution in [0.15, 0.2) is 18.2 Å². The molecule has 1 N–H and O–H groups in total. The van der Waals surface area contributed by atoms with E-state index in [-0.39, 0.29) is 5.97 Å². The second kappa shape index (κ2) is 6.05. The number of ether oxygens (including phenoxy) is 2. The number of aromatic amines is 1. The third-order valence-electron chi connectivity index (χ3n) is 3.25. The Morgan fingerprint density at radius 1 is 1.50 bits per heavy atom. The van der Waals surface area contributed by atoms with Gasteiger partial charge in [-0.15, -0.1) is 0 Å². The zero-order valence-electron chi connectivity index (χ0n) is 12.2. The van der Waals surface area contributed by atoms with E-state index in [1.165, 1.54) is 7.11 Å². The average Bonchev–Trinajstić information content (AvgIpc) is 3.19. The minimum atomic E-state index is -0.355. The van der Waals surface area contributed by atoms with Crippen molar-refractivity contribution in [3.8, 4) is 0 Å². The van der Waals surface area contributed by atoms with Crippen molar-refractivity contribution in [2.24, 2.45) is 0 Å². The highest BCUT2D eigenvalue weighted by Crippen LogP contribution is 2.42. The van der Waals surface area contributed by atoms with Crippen LogP contribution >= 0.6 is 0 Å². The van der Waals surface area contributed by atoms with Gasteiger partial charge in [0.05, 0.1) is 12.8 Å². The van der Waals surface area contributed by atoms with E-state index in [0.717, 1.165) is 30.1 Å². The Morgan fingerprint density at radius 2 is 2.20 bits per heavy atom. The molecular weight excluding hydrogens is 256 g/mol. The Labute approximate surface area is 118 Å². The summed E-state index contributed by atoms with van der Waals surface area (Å²) in [5.41, 5.74) is 3.14. The van der Waals surface area contributed by atoms with E-state index < -0.39 is 0 Å². The number of H-pyrrole nitrogens is 1. The first kappa shape index (κ1) is 14.5. The standard InChI is InChI=1S/C15H20N2O3/c1-9(7-10(2)15(18)20-4)13-14(11-5-6-11)17-12(16-13)8-19-3/h7,11H,1,5-6,8H2,2-4H3,(H,16,17)/b10-7+. The number of methoxy groups -OCH3 is 2. The van der Waals surface area contributed by atoms with Gasteiger partial charge in [0.2, 0.25) is 0 Å². The van der Waals surface area contributed by atoms with Crippen LogP contribution in [0.1, 0.15) is 42.9 Å². The summed E-state index contributed by atoms with van der Waals surface area (Å²) in [5, 5.41) is 0. The molecule has 0 saturated heterocycles. The van der Waals surface area contributed by atoms with E-state index in [1.807, 2.05) is 0 Å². The third kappa shape index (κ3) is 3.17. The second-order valence-electron chi connectivity index (χ2n) is 5.00. The molecule has 20 heavy (non-hydrogen) atoms. The minimum Gasteiger partial charge on any atom is -0.466 e. The van der Waals surface area contributed by atoms with Crippen LogP contribution in [0.4, 0.5) is 0 Å². The summed E-state index contributed by atoms with van der Waals surface area (Å²) >= 11 is 0.